The van der Waals surface area contributed by atoms with Gasteiger partial charge in [0.25, 0.3) is 11.1 Å². The van der Waals surface area contributed by atoms with Crippen molar-refractivity contribution in [2.75, 3.05) is 45.3 Å². The first-order valence-electron chi connectivity index (χ1n) is 13.0. The zero-order valence-electron chi connectivity index (χ0n) is 23.2. The average molecular weight is 563 g/mol. The van der Waals surface area contributed by atoms with Crippen molar-refractivity contribution in [1.82, 2.24) is 16.0 Å². The summed E-state index contributed by atoms with van der Waals surface area (Å²) in [6, 6.07) is 3.67. The number of anilines is 1. The first kappa shape index (κ1) is 30.1. The van der Waals surface area contributed by atoms with E-state index in [0.717, 1.165) is 36.0 Å². The summed E-state index contributed by atoms with van der Waals surface area (Å²) in [7, 11) is 3.11. The number of methoxy groups -OCH3 is 2. The van der Waals surface area contributed by atoms with Gasteiger partial charge in [0.05, 0.1) is 19.1 Å². The largest absolute Gasteiger partial charge is 0.493 e. The summed E-state index contributed by atoms with van der Waals surface area (Å²) in [6.45, 7) is 7.92. The van der Waals surface area contributed by atoms with Gasteiger partial charge >= 0.3 is 6.09 Å². The van der Waals surface area contributed by atoms with Crippen molar-refractivity contribution in [3.8, 4) is 11.5 Å². The lowest BCUT2D eigenvalue weighted by Crippen LogP contribution is -2.33. The zero-order valence-corrected chi connectivity index (χ0v) is 24.0. The summed E-state index contributed by atoms with van der Waals surface area (Å²) in [5.41, 5.74) is 1.06. The lowest BCUT2D eigenvalue weighted by Gasteiger charge is -2.23. The summed E-state index contributed by atoms with van der Waals surface area (Å²) in [4.78, 5) is 50.3. The first-order valence-corrected chi connectivity index (χ1v) is 13.8. The fourth-order valence-electron chi connectivity index (χ4n) is 4.32. The van der Waals surface area contributed by atoms with Crippen LogP contribution in [0.1, 0.15) is 52.0 Å². The first-order chi connectivity index (χ1) is 18.5. The Hall–Kier alpha value is -3.41. The third-order valence-electron chi connectivity index (χ3n) is 6.17. The number of unbranched alkanes of at least 4 members (excludes halogenated alkanes) is 1. The molecule has 214 valence electrons. The molecule has 12 heteroatoms. The van der Waals surface area contributed by atoms with E-state index >= 15 is 0 Å². The zero-order chi connectivity index (χ0) is 28.6. The van der Waals surface area contributed by atoms with Crippen molar-refractivity contribution >= 4 is 46.7 Å². The Morgan fingerprint density at radius 1 is 1.13 bits per heavy atom. The number of thioether (sulfide) groups is 1. The molecule has 1 aromatic rings. The molecule has 2 saturated heterocycles. The molecule has 0 bridgehead atoms. The highest BCUT2D eigenvalue weighted by Gasteiger charge is 2.29. The van der Waals surface area contributed by atoms with Gasteiger partial charge < -0.3 is 29.7 Å². The monoisotopic (exact) mass is 562 g/mol. The number of carbonyl (C=O) groups is 4. The number of alkyl carbamates (subject to hydrolysis) is 1. The summed E-state index contributed by atoms with van der Waals surface area (Å²) in [5, 5.41) is 7.60. The maximum atomic E-state index is 12.4. The molecule has 0 saturated carbocycles. The molecule has 1 unspecified atom stereocenters. The van der Waals surface area contributed by atoms with Crippen LogP contribution in [0.5, 0.6) is 11.5 Å². The third-order valence-corrected chi connectivity index (χ3v) is 6.99. The Labute approximate surface area is 233 Å². The van der Waals surface area contributed by atoms with Crippen LogP contribution in [-0.4, -0.2) is 69.1 Å². The molecule has 0 spiro atoms. The van der Waals surface area contributed by atoms with E-state index in [-0.39, 0.29) is 11.8 Å². The minimum atomic E-state index is -0.538. The second kappa shape index (κ2) is 13.6. The van der Waals surface area contributed by atoms with E-state index in [1.807, 2.05) is 26.8 Å². The summed E-state index contributed by atoms with van der Waals surface area (Å²) >= 11 is 0.864. The molecule has 2 aliphatic heterocycles. The van der Waals surface area contributed by atoms with Crippen LogP contribution in [0.25, 0.3) is 6.08 Å². The van der Waals surface area contributed by atoms with Gasteiger partial charge in [-0.15, -0.1) is 0 Å². The quantitative estimate of drug-likeness (QED) is 0.273. The molecular formula is C27H38N4O7S. The van der Waals surface area contributed by atoms with Crippen molar-refractivity contribution in [3.63, 3.8) is 0 Å². The van der Waals surface area contributed by atoms with Crippen molar-refractivity contribution in [2.45, 2.75) is 52.1 Å². The van der Waals surface area contributed by atoms with Crippen LogP contribution < -0.4 is 30.3 Å². The predicted molar refractivity (Wildman–Crippen MR) is 150 cm³/mol. The van der Waals surface area contributed by atoms with E-state index in [0.29, 0.717) is 55.3 Å². The molecule has 1 atom stereocenters. The molecule has 0 aromatic heterocycles. The number of carbonyl (C=O) groups excluding carboxylic acids is 4. The van der Waals surface area contributed by atoms with Crippen LogP contribution in [0.3, 0.4) is 0 Å². The number of rotatable bonds is 11. The Balaban J connectivity index is 1.52. The van der Waals surface area contributed by atoms with Crippen molar-refractivity contribution in [3.05, 3.63) is 22.6 Å². The van der Waals surface area contributed by atoms with Crippen LogP contribution in [-0.2, 0) is 14.3 Å². The average Bonchev–Trinajstić information content (AvgIpc) is 3.46. The van der Waals surface area contributed by atoms with Gasteiger partial charge in [0, 0.05) is 49.9 Å². The number of ether oxygens (including phenoxy) is 3. The number of amides is 4. The molecule has 11 nitrogen and oxygen atoms in total. The van der Waals surface area contributed by atoms with Gasteiger partial charge in [-0.25, -0.2) is 4.79 Å². The van der Waals surface area contributed by atoms with Gasteiger partial charge in [0.1, 0.15) is 5.60 Å². The molecule has 3 N–H and O–H groups in total. The highest BCUT2D eigenvalue weighted by atomic mass is 32.2. The number of hydrogen-bond acceptors (Lipinski definition) is 9. The van der Waals surface area contributed by atoms with Gasteiger partial charge in [-0.1, -0.05) is 0 Å². The van der Waals surface area contributed by atoms with Gasteiger partial charge in [0.2, 0.25) is 5.91 Å². The molecule has 2 heterocycles. The smallest absolute Gasteiger partial charge is 0.407 e. The number of nitrogens with one attached hydrogen (secondary N) is 3. The third kappa shape index (κ3) is 9.09. The van der Waals surface area contributed by atoms with Gasteiger partial charge in [-0.05, 0) is 69.9 Å². The summed E-state index contributed by atoms with van der Waals surface area (Å²) < 4.78 is 16.1. The minimum absolute atomic E-state index is 0.0174. The minimum Gasteiger partial charge on any atom is -0.493 e. The molecule has 0 aliphatic carbocycles. The molecule has 2 fully saturated rings. The number of benzene rings is 1. The van der Waals surface area contributed by atoms with E-state index in [4.69, 9.17) is 14.2 Å². The molecule has 2 aliphatic rings. The summed E-state index contributed by atoms with van der Waals surface area (Å²) in [5.74, 6) is 0.894. The second-order valence-electron chi connectivity index (χ2n) is 10.4. The van der Waals surface area contributed by atoms with E-state index in [9.17, 15) is 19.2 Å². The predicted octanol–water partition coefficient (Wildman–Crippen LogP) is 3.67. The SMILES string of the molecule is COc1cc(C=C2SC(=O)NC2=O)c(N2CCC(CNC(=O)CCCCNC(=O)OC(C)(C)C)C2)cc1OC. The van der Waals surface area contributed by atoms with Gasteiger partial charge in [-0.3, -0.25) is 19.7 Å². The van der Waals surface area contributed by atoms with Crippen LogP contribution in [0, 0.1) is 5.92 Å². The molecule has 39 heavy (non-hydrogen) atoms. The van der Waals surface area contributed by atoms with Crippen molar-refractivity contribution < 1.29 is 33.4 Å². The fourth-order valence-corrected chi connectivity index (χ4v) is 4.99. The maximum absolute atomic E-state index is 12.4. The summed E-state index contributed by atoms with van der Waals surface area (Å²) in [6.07, 6.45) is 3.86. The Morgan fingerprint density at radius 2 is 1.85 bits per heavy atom. The van der Waals surface area contributed by atoms with E-state index in [1.165, 1.54) is 0 Å². The van der Waals surface area contributed by atoms with Crippen LogP contribution in [0.2, 0.25) is 0 Å². The molecule has 4 amide bonds. The number of hydrogen-bond donors (Lipinski definition) is 3. The Bertz CT molecular complexity index is 1120. The Kier molecular flexibility index (Phi) is 10.5. The standard InChI is InChI=1S/C27H38N4O7S/c1-27(2,3)38-25(34)28-10-7-6-8-23(32)29-15-17-9-11-31(16-17)19-14-21(37-5)20(36-4)12-18(19)13-22-24(33)30-26(35)39-22/h12-14,17H,6-11,15-16H2,1-5H3,(H,28,34)(H,29,32)(H,30,33,35). The van der Waals surface area contributed by atoms with Gasteiger partial charge in [0.15, 0.2) is 11.5 Å². The number of nitrogens with zero attached hydrogens (tertiary/aromatic N) is 1. The van der Waals surface area contributed by atoms with Gasteiger partial charge in [-0.2, -0.15) is 0 Å². The Morgan fingerprint density at radius 3 is 2.49 bits per heavy atom. The molecule has 1 aromatic carbocycles. The van der Waals surface area contributed by atoms with E-state index in [1.54, 1.807) is 26.4 Å². The second-order valence-corrected chi connectivity index (χ2v) is 11.4. The highest BCUT2D eigenvalue weighted by molar-refractivity contribution is 8.18. The lowest BCUT2D eigenvalue weighted by atomic mass is 10.1. The van der Waals surface area contributed by atoms with E-state index < -0.39 is 22.8 Å². The van der Waals surface area contributed by atoms with Crippen molar-refractivity contribution in [1.29, 1.82) is 0 Å². The maximum Gasteiger partial charge on any atom is 0.407 e. The highest BCUT2D eigenvalue weighted by Crippen LogP contribution is 2.39. The van der Waals surface area contributed by atoms with Crippen LogP contribution in [0.15, 0.2) is 17.0 Å². The van der Waals surface area contributed by atoms with Crippen LogP contribution in [0.4, 0.5) is 15.3 Å². The van der Waals surface area contributed by atoms with Crippen molar-refractivity contribution in [2.24, 2.45) is 5.92 Å². The molecular weight excluding hydrogens is 524 g/mol. The van der Waals surface area contributed by atoms with E-state index in [2.05, 4.69) is 20.9 Å². The molecule has 0 radical (unpaired) electrons. The number of imide groups is 1. The molecule has 3 rings (SSSR count). The lowest BCUT2D eigenvalue weighted by molar-refractivity contribution is -0.121. The van der Waals surface area contributed by atoms with Crippen LogP contribution >= 0.6 is 11.8 Å². The topological polar surface area (TPSA) is 135 Å². The normalized spacial score (nSPS) is 18.2. The fraction of sp³-hybridized carbons (Fsp3) is 0.556.